The summed E-state index contributed by atoms with van der Waals surface area (Å²) in [6.45, 7) is 5.77. The van der Waals surface area contributed by atoms with Crippen LogP contribution >= 0.6 is 15.9 Å². The number of aryl methyl sites for hydroxylation is 1. The molecule has 0 atom stereocenters. The van der Waals surface area contributed by atoms with Crippen molar-refractivity contribution in [1.82, 2.24) is 10.3 Å². The van der Waals surface area contributed by atoms with Crippen LogP contribution in [0.3, 0.4) is 0 Å². The number of nitrogens with zero attached hydrogens (tertiary/aromatic N) is 1. The first kappa shape index (κ1) is 11.2. The van der Waals surface area contributed by atoms with Crippen molar-refractivity contribution < 1.29 is 4.79 Å². The predicted octanol–water partition coefficient (Wildman–Crippen LogP) is 2.29. The standard InChI is InChI=1S/C10H13BrN2O/c1-6(2)13-10(14)9-8(11)4-7(3)5-12-9/h4-6H,1-3H3,(H,13,14). The van der Waals surface area contributed by atoms with E-state index in [0.29, 0.717) is 5.69 Å². The van der Waals surface area contributed by atoms with Gasteiger partial charge in [0.25, 0.3) is 5.91 Å². The molecule has 0 aliphatic carbocycles. The van der Waals surface area contributed by atoms with Gasteiger partial charge in [0.05, 0.1) is 0 Å². The van der Waals surface area contributed by atoms with Crippen molar-refractivity contribution in [2.45, 2.75) is 26.8 Å². The molecule has 0 spiro atoms. The van der Waals surface area contributed by atoms with E-state index in [0.717, 1.165) is 10.0 Å². The normalized spacial score (nSPS) is 10.4. The van der Waals surface area contributed by atoms with Gasteiger partial charge in [0.1, 0.15) is 5.69 Å². The van der Waals surface area contributed by atoms with Crippen molar-refractivity contribution in [3.63, 3.8) is 0 Å². The molecule has 0 aromatic carbocycles. The highest BCUT2D eigenvalue weighted by molar-refractivity contribution is 9.10. The minimum atomic E-state index is -0.146. The summed E-state index contributed by atoms with van der Waals surface area (Å²) in [5.74, 6) is -0.146. The Morgan fingerprint density at radius 1 is 1.57 bits per heavy atom. The average molecular weight is 257 g/mol. The Labute approximate surface area is 92.1 Å². The van der Waals surface area contributed by atoms with E-state index in [1.807, 2.05) is 26.8 Å². The summed E-state index contributed by atoms with van der Waals surface area (Å²) in [6, 6.07) is 2.00. The van der Waals surface area contributed by atoms with Gasteiger partial charge in [-0.25, -0.2) is 4.98 Å². The van der Waals surface area contributed by atoms with Crippen LogP contribution in [0.4, 0.5) is 0 Å². The van der Waals surface area contributed by atoms with Crippen molar-refractivity contribution in [2.24, 2.45) is 0 Å². The molecule has 1 aromatic rings. The van der Waals surface area contributed by atoms with Crippen molar-refractivity contribution >= 4 is 21.8 Å². The zero-order valence-corrected chi connectivity index (χ0v) is 10.1. The molecule has 0 saturated heterocycles. The SMILES string of the molecule is Cc1cnc(C(=O)NC(C)C)c(Br)c1. The van der Waals surface area contributed by atoms with Crippen molar-refractivity contribution in [3.05, 3.63) is 28.0 Å². The Hall–Kier alpha value is -0.900. The monoisotopic (exact) mass is 256 g/mol. The van der Waals surface area contributed by atoms with Gasteiger partial charge in [-0.3, -0.25) is 4.79 Å². The largest absolute Gasteiger partial charge is 0.348 e. The smallest absolute Gasteiger partial charge is 0.271 e. The molecule has 76 valence electrons. The Morgan fingerprint density at radius 3 is 2.71 bits per heavy atom. The van der Waals surface area contributed by atoms with Gasteiger partial charge in [-0.2, -0.15) is 0 Å². The summed E-state index contributed by atoms with van der Waals surface area (Å²) in [4.78, 5) is 15.7. The van der Waals surface area contributed by atoms with Gasteiger partial charge >= 0.3 is 0 Å². The topological polar surface area (TPSA) is 42.0 Å². The molecule has 0 fully saturated rings. The fraction of sp³-hybridized carbons (Fsp3) is 0.400. The first-order chi connectivity index (χ1) is 6.50. The molecule has 1 aromatic heterocycles. The van der Waals surface area contributed by atoms with E-state index in [1.165, 1.54) is 0 Å². The predicted molar refractivity (Wildman–Crippen MR) is 59.3 cm³/mol. The molecule has 4 heteroatoms. The number of pyridine rings is 1. The van der Waals surface area contributed by atoms with Gasteiger partial charge in [-0.05, 0) is 48.3 Å². The second kappa shape index (κ2) is 4.55. The lowest BCUT2D eigenvalue weighted by Gasteiger charge is -2.08. The molecule has 0 bridgehead atoms. The maximum Gasteiger partial charge on any atom is 0.271 e. The first-order valence-corrected chi connectivity index (χ1v) is 5.23. The van der Waals surface area contributed by atoms with Crippen LogP contribution in [0.25, 0.3) is 0 Å². The van der Waals surface area contributed by atoms with E-state index in [1.54, 1.807) is 6.20 Å². The average Bonchev–Trinajstić information content (AvgIpc) is 2.01. The molecule has 0 saturated carbocycles. The highest BCUT2D eigenvalue weighted by atomic mass is 79.9. The molecule has 1 heterocycles. The Balaban J connectivity index is 2.90. The summed E-state index contributed by atoms with van der Waals surface area (Å²) < 4.78 is 0.732. The van der Waals surface area contributed by atoms with Crippen LogP contribution in [-0.2, 0) is 0 Å². The van der Waals surface area contributed by atoms with E-state index in [9.17, 15) is 4.79 Å². The van der Waals surface area contributed by atoms with Crippen LogP contribution in [0, 0.1) is 6.92 Å². The summed E-state index contributed by atoms with van der Waals surface area (Å²) in [7, 11) is 0. The lowest BCUT2D eigenvalue weighted by atomic mass is 10.2. The quantitative estimate of drug-likeness (QED) is 0.883. The van der Waals surface area contributed by atoms with Gasteiger partial charge < -0.3 is 5.32 Å². The minimum absolute atomic E-state index is 0.123. The number of hydrogen-bond acceptors (Lipinski definition) is 2. The van der Waals surface area contributed by atoms with Crippen LogP contribution in [0.1, 0.15) is 29.9 Å². The number of aromatic nitrogens is 1. The van der Waals surface area contributed by atoms with Crippen LogP contribution in [0.15, 0.2) is 16.7 Å². The second-order valence-corrected chi connectivity index (χ2v) is 4.33. The lowest BCUT2D eigenvalue weighted by molar-refractivity contribution is 0.0937. The molecule has 0 unspecified atom stereocenters. The Morgan fingerprint density at radius 2 is 2.21 bits per heavy atom. The van der Waals surface area contributed by atoms with Gasteiger partial charge in [-0.15, -0.1) is 0 Å². The van der Waals surface area contributed by atoms with Crippen molar-refractivity contribution in [3.8, 4) is 0 Å². The van der Waals surface area contributed by atoms with Crippen LogP contribution < -0.4 is 5.32 Å². The summed E-state index contributed by atoms with van der Waals surface area (Å²) in [5, 5.41) is 2.79. The number of nitrogens with one attached hydrogen (secondary N) is 1. The third kappa shape index (κ3) is 2.80. The molecule has 0 radical (unpaired) electrons. The van der Waals surface area contributed by atoms with Gasteiger partial charge in [0.2, 0.25) is 0 Å². The molecule has 1 rings (SSSR count). The number of halogens is 1. The third-order valence-corrected chi connectivity index (χ3v) is 2.22. The molecular formula is C10H13BrN2O. The summed E-state index contributed by atoms with van der Waals surface area (Å²) >= 11 is 3.31. The van der Waals surface area contributed by atoms with E-state index >= 15 is 0 Å². The van der Waals surface area contributed by atoms with Crippen LogP contribution in [0.5, 0.6) is 0 Å². The maximum atomic E-state index is 11.6. The highest BCUT2D eigenvalue weighted by Gasteiger charge is 2.12. The van der Waals surface area contributed by atoms with Crippen molar-refractivity contribution in [1.29, 1.82) is 0 Å². The molecule has 14 heavy (non-hydrogen) atoms. The van der Waals surface area contributed by atoms with E-state index in [-0.39, 0.29) is 11.9 Å². The highest BCUT2D eigenvalue weighted by Crippen LogP contribution is 2.15. The summed E-state index contributed by atoms with van der Waals surface area (Å²) in [6.07, 6.45) is 1.68. The van der Waals surface area contributed by atoms with E-state index in [2.05, 4.69) is 26.2 Å². The fourth-order valence-electron chi connectivity index (χ4n) is 1.03. The zero-order valence-electron chi connectivity index (χ0n) is 8.47. The summed E-state index contributed by atoms with van der Waals surface area (Å²) in [5.41, 5.74) is 1.46. The molecule has 0 aliphatic heterocycles. The number of rotatable bonds is 2. The van der Waals surface area contributed by atoms with Gasteiger partial charge in [0.15, 0.2) is 0 Å². The third-order valence-electron chi connectivity index (χ3n) is 1.61. The first-order valence-electron chi connectivity index (χ1n) is 4.43. The van der Waals surface area contributed by atoms with Crippen molar-refractivity contribution in [2.75, 3.05) is 0 Å². The minimum Gasteiger partial charge on any atom is -0.348 e. The van der Waals surface area contributed by atoms with Crippen LogP contribution in [0.2, 0.25) is 0 Å². The second-order valence-electron chi connectivity index (χ2n) is 3.47. The molecule has 1 N–H and O–H groups in total. The zero-order chi connectivity index (χ0) is 10.7. The molecule has 3 nitrogen and oxygen atoms in total. The Kier molecular flexibility index (Phi) is 3.63. The number of carbonyl (C=O) groups is 1. The fourth-order valence-corrected chi connectivity index (χ4v) is 1.67. The van der Waals surface area contributed by atoms with E-state index < -0.39 is 0 Å². The van der Waals surface area contributed by atoms with E-state index in [4.69, 9.17) is 0 Å². The van der Waals surface area contributed by atoms with Gasteiger partial charge in [0, 0.05) is 16.7 Å². The number of carbonyl (C=O) groups excluding carboxylic acids is 1. The van der Waals surface area contributed by atoms with Gasteiger partial charge in [-0.1, -0.05) is 0 Å². The Bertz CT molecular complexity index is 350. The number of amides is 1. The molecule has 0 aliphatic rings. The maximum absolute atomic E-state index is 11.6. The molecular weight excluding hydrogens is 244 g/mol. The van der Waals surface area contributed by atoms with Crippen LogP contribution in [-0.4, -0.2) is 16.9 Å². The molecule has 1 amide bonds. The lowest BCUT2D eigenvalue weighted by Crippen LogP contribution is -2.31. The number of hydrogen-bond donors (Lipinski definition) is 1.